The molecule has 1 N–H and O–H groups in total. The number of benzene rings is 1. The highest BCUT2D eigenvalue weighted by molar-refractivity contribution is 5.89. The first-order chi connectivity index (χ1) is 13.1. The molecule has 1 aromatic carbocycles. The molecule has 0 radical (unpaired) electrons. The maximum Gasteiger partial charge on any atom is 0.225 e. The van der Waals surface area contributed by atoms with Crippen molar-refractivity contribution in [2.75, 3.05) is 24.5 Å². The minimum absolute atomic E-state index is 0.0316. The number of carbonyl (C=O) groups excluding carboxylic acids is 2. The highest BCUT2D eigenvalue weighted by Crippen LogP contribution is 2.30. The van der Waals surface area contributed by atoms with Gasteiger partial charge >= 0.3 is 0 Å². The number of anilines is 1. The zero-order valence-corrected chi connectivity index (χ0v) is 15.7. The summed E-state index contributed by atoms with van der Waals surface area (Å²) in [5.41, 5.74) is 1.02. The lowest BCUT2D eigenvalue weighted by molar-refractivity contribution is -0.130. The maximum atomic E-state index is 13.1. The van der Waals surface area contributed by atoms with E-state index >= 15 is 0 Å². The first-order valence-electron chi connectivity index (χ1n) is 10.2. The van der Waals surface area contributed by atoms with Crippen molar-refractivity contribution in [3.8, 4) is 0 Å². The van der Waals surface area contributed by atoms with Gasteiger partial charge in [0.1, 0.15) is 5.82 Å². The Hall–Kier alpha value is -2.11. The van der Waals surface area contributed by atoms with Crippen LogP contribution in [-0.4, -0.2) is 48.4 Å². The molecule has 2 saturated heterocycles. The minimum Gasteiger partial charge on any atom is -0.371 e. The molecule has 1 atom stereocenters. The quantitative estimate of drug-likeness (QED) is 0.883. The second-order valence-electron chi connectivity index (χ2n) is 8.13. The van der Waals surface area contributed by atoms with Crippen molar-refractivity contribution in [2.45, 2.75) is 57.0 Å². The summed E-state index contributed by atoms with van der Waals surface area (Å²) in [5.74, 6) is -0.246. The Morgan fingerprint density at radius 3 is 2.37 bits per heavy atom. The molecule has 3 fully saturated rings. The van der Waals surface area contributed by atoms with Crippen molar-refractivity contribution in [1.29, 1.82) is 0 Å². The van der Waals surface area contributed by atoms with Gasteiger partial charge in [0.2, 0.25) is 11.8 Å². The Bertz CT molecular complexity index is 679. The van der Waals surface area contributed by atoms with Crippen molar-refractivity contribution in [2.24, 2.45) is 5.92 Å². The van der Waals surface area contributed by atoms with Gasteiger partial charge in [0.05, 0.1) is 5.92 Å². The SMILES string of the molecule is O=C(NC1CCN(c2ccc(F)cc2)CC1)[C@@H]1CC(=O)N(C2CCCC2)C1. The number of carbonyl (C=O) groups is 2. The van der Waals surface area contributed by atoms with Gasteiger partial charge in [-0.25, -0.2) is 4.39 Å². The predicted molar refractivity (Wildman–Crippen MR) is 102 cm³/mol. The molecule has 0 unspecified atom stereocenters. The molecule has 5 nitrogen and oxygen atoms in total. The summed E-state index contributed by atoms with van der Waals surface area (Å²) < 4.78 is 13.1. The van der Waals surface area contributed by atoms with Gasteiger partial charge in [-0.05, 0) is 49.9 Å². The van der Waals surface area contributed by atoms with Crippen LogP contribution >= 0.6 is 0 Å². The van der Waals surface area contributed by atoms with Crippen LogP contribution in [-0.2, 0) is 9.59 Å². The first-order valence-corrected chi connectivity index (χ1v) is 10.2. The van der Waals surface area contributed by atoms with Crippen molar-refractivity contribution < 1.29 is 14.0 Å². The van der Waals surface area contributed by atoms with Gasteiger partial charge < -0.3 is 15.1 Å². The van der Waals surface area contributed by atoms with Gasteiger partial charge in [-0.2, -0.15) is 0 Å². The molecule has 146 valence electrons. The van der Waals surface area contributed by atoms with E-state index in [1.165, 1.54) is 25.0 Å². The molecule has 0 bridgehead atoms. The molecule has 0 aromatic heterocycles. The number of halogens is 1. The first kappa shape index (κ1) is 18.3. The third kappa shape index (κ3) is 4.09. The van der Waals surface area contributed by atoms with Crippen LogP contribution in [0.1, 0.15) is 44.9 Å². The molecule has 6 heteroatoms. The monoisotopic (exact) mass is 373 g/mol. The lowest BCUT2D eigenvalue weighted by Gasteiger charge is -2.34. The molecular weight excluding hydrogens is 345 g/mol. The normalized spacial score (nSPS) is 24.6. The molecule has 3 aliphatic rings. The molecule has 1 aliphatic carbocycles. The van der Waals surface area contributed by atoms with Gasteiger partial charge in [0, 0.05) is 43.8 Å². The molecular formula is C21H28FN3O2. The Kier molecular flexibility index (Phi) is 5.32. The van der Waals surface area contributed by atoms with Crippen LogP contribution in [0.5, 0.6) is 0 Å². The zero-order chi connectivity index (χ0) is 18.8. The van der Waals surface area contributed by atoms with E-state index in [-0.39, 0.29) is 29.6 Å². The molecule has 2 amide bonds. The van der Waals surface area contributed by atoms with Gasteiger partial charge in [-0.1, -0.05) is 12.8 Å². The lowest BCUT2D eigenvalue weighted by atomic mass is 10.0. The summed E-state index contributed by atoms with van der Waals surface area (Å²) >= 11 is 0. The summed E-state index contributed by atoms with van der Waals surface area (Å²) in [4.78, 5) is 29.1. The Morgan fingerprint density at radius 1 is 1.04 bits per heavy atom. The van der Waals surface area contributed by atoms with Gasteiger partial charge in [-0.3, -0.25) is 9.59 Å². The van der Waals surface area contributed by atoms with Crippen molar-refractivity contribution in [3.05, 3.63) is 30.1 Å². The maximum absolute atomic E-state index is 13.1. The van der Waals surface area contributed by atoms with Crippen molar-refractivity contribution in [1.82, 2.24) is 10.2 Å². The van der Waals surface area contributed by atoms with Gasteiger partial charge in [0.25, 0.3) is 0 Å². The highest BCUT2D eigenvalue weighted by Gasteiger charge is 2.39. The molecule has 27 heavy (non-hydrogen) atoms. The molecule has 2 aliphatic heterocycles. The predicted octanol–water partition coefficient (Wildman–Crippen LogP) is 2.70. The average molecular weight is 373 g/mol. The van der Waals surface area contributed by atoms with Crippen LogP contribution < -0.4 is 10.2 Å². The molecule has 1 saturated carbocycles. The number of hydrogen-bond acceptors (Lipinski definition) is 3. The second-order valence-corrected chi connectivity index (χ2v) is 8.13. The lowest BCUT2D eigenvalue weighted by Crippen LogP contribution is -2.47. The number of nitrogens with one attached hydrogen (secondary N) is 1. The van der Waals surface area contributed by atoms with Crippen molar-refractivity contribution in [3.63, 3.8) is 0 Å². The summed E-state index contributed by atoms with van der Waals surface area (Å²) in [6, 6.07) is 7.08. The highest BCUT2D eigenvalue weighted by atomic mass is 19.1. The number of hydrogen-bond donors (Lipinski definition) is 1. The minimum atomic E-state index is -0.223. The van der Waals surface area contributed by atoms with E-state index in [9.17, 15) is 14.0 Å². The number of likely N-dealkylation sites (tertiary alicyclic amines) is 1. The fraction of sp³-hybridized carbons (Fsp3) is 0.619. The Balaban J connectivity index is 1.26. The third-order valence-corrected chi connectivity index (χ3v) is 6.33. The topological polar surface area (TPSA) is 52.7 Å². The van der Waals surface area contributed by atoms with Crippen LogP contribution in [0.15, 0.2) is 24.3 Å². The number of rotatable bonds is 4. The largest absolute Gasteiger partial charge is 0.371 e. The third-order valence-electron chi connectivity index (χ3n) is 6.33. The van der Waals surface area contributed by atoms with Crippen molar-refractivity contribution >= 4 is 17.5 Å². The number of piperidine rings is 1. The van der Waals surface area contributed by atoms with E-state index in [0.29, 0.717) is 19.0 Å². The van der Waals surface area contributed by atoms with Crippen LogP contribution in [0.25, 0.3) is 0 Å². The van der Waals surface area contributed by atoms with E-state index in [1.807, 2.05) is 4.90 Å². The number of amides is 2. The fourth-order valence-corrected chi connectivity index (χ4v) is 4.73. The van der Waals surface area contributed by atoms with Gasteiger partial charge in [0.15, 0.2) is 0 Å². The van der Waals surface area contributed by atoms with E-state index < -0.39 is 0 Å². The van der Waals surface area contributed by atoms with Crippen LogP contribution in [0.2, 0.25) is 0 Å². The Labute approximate surface area is 159 Å². The summed E-state index contributed by atoms with van der Waals surface area (Å²) in [7, 11) is 0. The van der Waals surface area contributed by atoms with Crippen LogP contribution in [0.3, 0.4) is 0 Å². The van der Waals surface area contributed by atoms with E-state index in [0.717, 1.165) is 44.5 Å². The second kappa shape index (κ2) is 7.87. The van der Waals surface area contributed by atoms with E-state index in [2.05, 4.69) is 10.2 Å². The van der Waals surface area contributed by atoms with Crippen LogP contribution in [0.4, 0.5) is 10.1 Å². The summed E-state index contributed by atoms with van der Waals surface area (Å²) in [6.07, 6.45) is 6.66. The Morgan fingerprint density at radius 2 is 1.70 bits per heavy atom. The standard InChI is InChI=1S/C21H28FN3O2/c22-16-5-7-18(8-6-16)24-11-9-17(10-12-24)23-21(27)15-13-20(26)25(14-15)19-3-1-2-4-19/h5-8,15,17,19H,1-4,9-14H2,(H,23,27)/t15-/m1/s1. The number of nitrogens with zero attached hydrogens (tertiary/aromatic N) is 2. The molecule has 2 heterocycles. The average Bonchev–Trinajstić information content (AvgIpc) is 3.32. The zero-order valence-electron chi connectivity index (χ0n) is 15.7. The summed E-state index contributed by atoms with van der Waals surface area (Å²) in [5, 5.41) is 3.17. The van der Waals surface area contributed by atoms with E-state index in [4.69, 9.17) is 0 Å². The fourth-order valence-electron chi connectivity index (χ4n) is 4.73. The van der Waals surface area contributed by atoms with Crippen LogP contribution in [0, 0.1) is 11.7 Å². The molecule has 0 spiro atoms. The summed E-state index contributed by atoms with van der Waals surface area (Å²) in [6.45, 7) is 2.27. The van der Waals surface area contributed by atoms with Gasteiger partial charge in [-0.15, -0.1) is 0 Å². The smallest absolute Gasteiger partial charge is 0.225 e. The molecule has 1 aromatic rings. The molecule has 4 rings (SSSR count). The van der Waals surface area contributed by atoms with E-state index in [1.54, 1.807) is 12.1 Å².